The number of hydrogen-bond acceptors (Lipinski definition) is 4. The van der Waals surface area contributed by atoms with Crippen LogP contribution in [0.15, 0.2) is 73.3 Å². The van der Waals surface area contributed by atoms with Gasteiger partial charge in [-0.05, 0) is 54.0 Å². The highest BCUT2D eigenvalue weighted by Crippen LogP contribution is 2.39. The summed E-state index contributed by atoms with van der Waals surface area (Å²) in [6.45, 7) is 6.45. The zero-order valence-corrected chi connectivity index (χ0v) is 18.1. The predicted molar refractivity (Wildman–Crippen MR) is 126 cm³/mol. The molecule has 0 heterocycles. The quantitative estimate of drug-likeness (QED) is 0.304. The van der Waals surface area contributed by atoms with Crippen molar-refractivity contribution < 1.29 is 19.0 Å². The van der Waals surface area contributed by atoms with Crippen LogP contribution in [0.3, 0.4) is 0 Å². The van der Waals surface area contributed by atoms with Crippen molar-refractivity contribution in [1.29, 1.82) is 0 Å². The maximum atomic E-state index is 12.7. The number of ketones is 1. The molecule has 0 atom stereocenters. The van der Waals surface area contributed by atoms with Gasteiger partial charge < -0.3 is 14.2 Å². The zero-order valence-electron chi connectivity index (χ0n) is 18.1. The molecule has 158 valence electrons. The molecule has 0 aromatic heterocycles. The predicted octanol–water partition coefficient (Wildman–Crippen LogP) is 6.31. The van der Waals surface area contributed by atoms with Crippen molar-refractivity contribution in [1.82, 2.24) is 0 Å². The van der Waals surface area contributed by atoms with Crippen LogP contribution in [0.5, 0.6) is 17.2 Å². The number of ether oxygens (including phenoxy) is 3. The molecule has 4 heteroatoms. The number of allylic oxidation sites excluding steroid dienone is 1. The minimum Gasteiger partial charge on any atom is -0.497 e. The summed E-state index contributed by atoms with van der Waals surface area (Å²) < 4.78 is 16.8. The summed E-state index contributed by atoms with van der Waals surface area (Å²) in [7, 11) is 3.21. The largest absolute Gasteiger partial charge is 0.497 e. The summed E-state index contributed by atoms with van der Waals surface area (Å²) in [4.78, 5) is 12.7. The van der Waals surface area contributed by atoms with Crippen LogP contribution in [0.2, 0.25) is 0 Å². The normalized spacial score (nSPS) is 10.7. The van der Waals surface area contributed by atoms with Gasteiger partial charge >= 0.3 is 0 Å². The number of carbonyl (C=O) groups is 1. The number of hydrogen-bond donors (Lipinski definition) is 0. The number of benzene rings is 3. The van der Waals surface area contributed by atoms with Gasteiger partial charge in [0.1, 0.15) is 17.2 Å². The molecule has 31 heavy (non-hydrogen) atoms. The van der Waals surface area contributed by atoms with Gasteiger partial charge in [0.05, 0.1) is 20.8 Å². The van der Waals surface area contributed by atoms with Gasteiger partial charge in [0.2, 0.25) is 0 Å². The van der Waals surface area contributed by atoms with Gasteiger partial charge in [-0.25, -0.2) is 0 Å². The number of methoxy groups -OCH3 is 2. The molecule has 3 rings (SSSR count). The van der Waals surface area contributed by atoms with Crippen LogP contribution in [-0.2, 0) is 0 Å². The van der Waals surface area contributed by atoms with Crippen LogP contribution in [0.4, 0.5) is 0 Å². The Balaban J connectivity index is 2.18. The van der Waals surface area contributed by atoms with Gasteiger partial charge in [0.15, 0.2) is 5.78 Å². The Bertz CT molecular complexity index is 1100. The molecule has 0 aliphatic rings. The van der Waals surface area contributed by atoms with E-state index < -0.39 is 0 Å². The van der Waals surface area contributed by atoms with Gasteiger partial charge in [-0.1, -0.05) is 49.1 Å². The molecule has 0 amide bonds. The maximum Gasteiger partial charge on any atom is 0.185 e. The van der Waals surface area contributed by atoms with E-state index in [0.29, 0.717) is 23.7 Å². The van der Waals surface area contributed by atoms with Crippen molar-refractivity contribution in [3.05, 3.63) is 90.0 Å². The molecule has 4 nitrogen and oxygen atoms in total. The Morgan fingerprint density at radius 3 is 2.32 bits per heavy atom. The first kappa shape index (κ1) is 21.9. The monoisotopic (exact) mass is 414 g/mol. The molecule has 0 aliphatic heterocycles. The van der Waals surface area contributed by atoms with Gasteiger partial charge in [-0.3, -0.25) is 4.79 Å². The Hall–Kier alpha value is -3.79. The van der Waals surface area contributed by atoms with E-state index in [0.717, 1.165) is 28.0 Å². The lowest BCUT2D eigenvalue weighted by molar-refractivity contribution is 0.104. The molecule has 0 aliphatic carbocycles. The first-order valence-corrected chi connectivity index (χ1v) is 10.0. The van der Waals surface area contributed by atoms with Crippen LogP contribution in [0.25, 0.3) is 23.3 Å². The zero-order chi connectivity index (χ0) is 22.2. The SMILES string of the molecule is C=Cc1ccc(OCC)cc1-c1cc(OC)cc(OC)c1/C=C/C(=O)c1ccccc1. The van der Waals surface area contributed by atoms with Crippen molar-refractivity contribution >= 4 is 17.9 Å². The van der Waals surface area contributed by atoms with Crippen LogP contribution < -0.4 is 14.2 Å². The summed E-state index contributed by atoms with van der Waals surface area (Å²) in [5.41, 5.74) is 4.08. The first-order valence-electron chi connectivity index (χ1n) is 10.0. The van der Waals surface area contributed by atoms with Crippen molar-refractivity contribution in [2.75, 3.05) is 20.8 Å². The summed E-state index contributed by atoms with van der Waals surface area (Å²) >= 11 is 0. The highest BCUT2D eigenvalue weighted by molar-refractivity contribution is 6.07. The lowest BCUT2D eigenvalue weighted by Gasteiger charge is -2.17. The number of rotatable bonds is 9. The third-order valence-electron chi connectivity index (χ3n) is 4.88. The maximum absolute atomic E-state index is 12.7. The molecule has 3 aromatic carbocycles. The first-order chi connectivity index (χ1) is 15.1. The van der Waals surface area contributed by atoms with Gasteiger partial charge in [0, 0.05) is 17.2 Å². The van der Waals surface area contributed by atoms with E-state index in [2.05, 4.69) is 6.58 Å². The molecule has 0 N–H and O–H groups in total. The molecule has 0 bridgehead atoms. The summed E-state index contributed by atoms with van der Waals surface area (Å²) in [6.07, 6.45) is 5.13. The number of carbonyl (C=O) groups excluding carboxylic acids is 1. The summed E-state index contributed by atoms with van der Waals surface area (Å²) in [5, 5.41) is 0. The van der Waals surface area contributed by atoms with E-state index in [1.165, 1.54) is 0 Å². The standard InChI is InChI=1S/C27H26O4/c1-5-19-12-13-21(31-6-2)16-24(19)25-17-22(29-3)18-27(30-4)23(25)14-15-26(28)20-10-8-7-9-11-20/h5,7-18H,1,6H2,2-4H3/b15-14+. The Morgan fingerprint density at radius 1 is 0.935 bits per heavy atom. The second kappa shape index (κ2) is 10.3. The highest BCUT2D eigenvalue weighted by Gasteiger charge is 2.16. The lowest BCUT2D eigenvalue weighted by atomic mass is 9.93. The average Bonchev–Trinajstić information content (AvgIpc) is 2.82. The van der Waals surface area contributed by atoms with Crippen LogP contribution in [0, 0.1) is 0 Å². The van der Waals surface area contributed by atoms with Crippen molar-refractivity contribution in [2.45, 2.75) is 6.92 Å². The van der Waals surface area contributed by atoms with Crippen LogP contribution in [0.1, 0.15) is 28.4 Å². The van der Waals surface area contributed by atoms with E-state index >= 15 is 0 Å². The fourth-order valence-corrected chi connectivity index (χ4v) is 3.34. The molecular formula is C27H26O4. The second-order valence-corrected chi connectivity index (χ2v) is 6.74. The molecule has 0 saturated heterocycles. The van der Waals surface area contributed by atoms with Crippen molar-refractivity contribution in [3.8, 4) is 28.4 Å². The van der Waals surface area contributed by atoms with E-state index in [4.69, 9.17) is 14.2 Å². The van der Waals surface area contributed by atoms with E-state index in [-0.39, 0.29) is 5.78 Å². The molecule has 0 unspecified atom stereocenters. The summed E-state index contributed by atoms with van der Waals surface area (Å²) in [6, 6.07) is 18.7. The fraction of sp³-hybridized carbons (Fsp3) is 0.148. The van der Waals surface area contributed by atoms with Gasteiger partial charge in [-0.2, -0.15) is 0 Å². The second-order valence-electron chi connectivity index (χ2n) is 6.74. The molecule has 0 radical (unpaired) electrons. The van der Waals surface area contributed by atoms with Crippen molar-refractivity contribution in [3.63, 3.8) is 0 Å². The molecule has 0 fully saturated rings. The molecule has 0 saturated carbocycles. The van der Waals surface area contributed by atoms with Crippen LogP contribution >= 0.6 is 0 Å². The third-order valence-corrected chi connectivity index (χ3v) is 4.88. The summed E-state index contributed by atoms with van der Waals surface area (Å²) in [5.74, 6) is 1.91. The molecule has 3 aromatic rings. The van der Waals surface area contributed by atoms with Crippen LogP contribution in [-0.4, -0.2) is 26.6 Å². The van der Waals surface area contributed by atoms with E-state index in [1.807, 2.05) is 49.4 Å². The van der Waals surface area contributed by atoms with Crippen molar-refractivity contribution in [2.24, 2.45) is 0 Å². The Morgan fingerprint density at radius 2 is 1.68 bits per heavy atom. The van der Waals surface area contributed by atoms with Gasteiger partial charge in [0.25, 0.3) is 0 Å². The average molecular weight is 415 g/mol. The smallest absolute Gasteiger partial charge is 0.185 e. The molecular weight excluding hydrogens is 388 g/mol. The highest BCUT2D eigenvalue weighted by atomic mass is 16.5. The van der Waals surface area contributed by atoms with E-state index in [1.54, 1.807) is 50.6 Å². The minimum atomic E-state index is -0.0866. The Kier molecular flexibility index (Phi) is 7.28. The Labute approximate surface area is 183 Å². The van der Waals surface area contributed by atoms with Gasteiger partial charge in [-0.15, -0.1) is 0 Å². The third kappa shape index (κ3) is 5.04. The fourth-order valence-electron chi connectivity index (χ4n) is 3.34. The van der Waals surface area contributed by atoms with E-state index in [9.17, 15) is 4.79 Å². The molecule has 0 spiro atoms. The topological polar surface area (TPSA) is 44.8 Å². The lowest BCUT2D eigenvalue weighted by Crippen LogP contribution is -1.98. The minimum absolute atomic E-state index is 0.0866.